The Labute approximate surface area is 122 Å². The fraction of sp³-hybridized carbons (Fsp3) is 0.357. The van der Waals surface area contributed by atoms with Crippen LogP contribution in [0, 0.1) is 0 Å². The first kappa shape index (κ1) is 13.1. The summed E-state index contributed by atoms with van der Waals surface area (Å²) in [6.45, 7) is 3.74. The number of hydrogen-bond acceptors (Lipinski definition) is 3. The van der Waals surface area contributed by atoms with Crippen LogP contribution in [-0.4, -0.2) is 27.9 Å². The third kappa shape index (κ3) is 1.96. The van der Waals surface area contributed by atoms with Gasteiger partial charge in [0.1, 0.15) is 6.04 Å². The Kier molecular flexibility index (Phi) is 2.97. The summed E-state index contributed by atoms with van der Waals surface area (Å²) in [7, 11) is 0. The standard InChI is InChI=1S/C14H15N3O2S/c1-7-13(19)17(14(20)15-7)8(2)9-3-4-11-10(5-9)6-12(18)16-11/h3-5,7-8H,6H2,1-2H3,(H,15,20)(H,16,18). The molecule has 0 bridgehead atoms. The number of amides is 2. The summed E-state index contributed by atoms with van der Waals surface area (Å²) < 4.78 is 0. The molecule has 2 atom stereocenters. The van der Waals surface area contributed by atoms with Crippen molar-refractivity contribution < 1.29 is 9.59 Å². The molecular weight excluding hydrogens is 274 g/mol. The summed E-state index contributed by atoms with van der Waals surface area (Å²) in [5.74, 6) is -0.00920. The van der Waals surface area contributed by atoms with Crippen molar-refractivity contribution in [2.45, 2.75) is 32.4 Å². The molecule has 1 fully saturated rings. The van der Waals surface area contributed by atoms with Crippen molar-refractivity contribution in [2.75, 3.05) is 5.32 Å². The lowest BCUT2D eigenvalue weighted by Crippen LogP contribution is -2.33. The van der Waals surface area contributed by atoms with Gasteiger partial charge in [0.15, 0.2) is 5.11 Å². The highest BCUT2D eigenvalue weighted by molar-refractivity contribution is 7.80. The number of hydrogen-bond donors (Lipinski definition) is 2. The SMILES string of the molecule is CC1NC(=S)N(C(C)c2ccc3c(c2)CC(=O)N3)C1=O. The van der Waals surface area contributed by atoms with Gasteiger partial charge >= 0.3 is 0 Å². The lowest BCUT2D eigenvalue weighted by Gasteiger charge is -2.24. The number of carbonyl (C=O) groups is 2. The fourth-order valence-electron chi connectivity index (χ4n) is 2.65. The molecule has 0 spiro atoms. The molecule has 2 N–H and O–H groups in total. The number of carbonyl (C=O) groups excluding carboxylic acids is 2. The molecule has 2 unspecified atom stereocenters. The minimum atomic E-state index is -0.275. The third-order valence-corrected chi connectivity index (χ3v) is 4.11. The van der Waals surface area contributed by atoms with Crippen molar-refractivity contribution >= 4 is 34.8 Å². The molecule has 2 amide bonds. The molecular formula is C14H15N3O2S. The zero-order valence-electron chi connectivity index (χ0n) is 11.3. The van der Waals surface area contributed by atoms with E-state index in [1.807, 2.05) is 25.1 Å². The molecule has 0 aliphatic carbocycles. The van der Waals surface area contributed by atoms with E-state index in [1.54, 1.807) is 11.8 Å². The summed E-state index contributed by atoms with van der Waals surface area (Å²) in [4.78, 5) is 25.1. The molecule has 1 saturated heterocycles. The molecule has 1 aromatic carbocycles. The monoisotopic (exact) mass is 289 g/mol. The van der Waals surface area contributed by atoms with Gasteiger partial charge in [-0.2, -0.15) is 0 Å². The smallest absolute Gasteiger partial charge is 0.251 e. The first-order valence-corrected chi connectivity index (χ1v) is 6.94. The highest BCUT2D eigenvalue weighted by atomic mass is 32.1. The number of benzene rings is 1. The molecule has 3 rings (SSSR count). The maximum atomic E-state index is 12.1. The van der Waals surface area contributed by atoms with Gasteiger partial charge in [-0.1, -0.05) is 12.1 Å². The number of anilines is 1. The van der Waals surface area contributed by atoms with Crippen LogP contribution >= 0.6 is 12.2 Å². The van der Waals surface area contributed by atoms with E-state index in [2.05, 4.69) is 10.6 Å². The summed E-state index contributed by atoms with van der Waals surface area (Å²) in [5.41, 5.74) is 2.80. The quantitative estimate of drug-likeness (QED) is 0.807. The highest BCUT2D eigenvalue weighted by Gasteiger charge is 2.36. The molecule has 0 saturated carbocycles. The topological polar surface area (TPSA) is 61.4 Å². The summed E-state index contributed by atoms with van der Waals surface area (Å²) >= 11 is 5.22. The van der Waals surface area contributed by atoms with E-state index in [4.69, 9.17) is 12.2 Å². The first-order valence-electron chi connectivity index (χ1n) is 6.53. The molecule has 104 valence electrons. The fourth-order valence-corrected chi connectivity index (χ4v) is 3.07. The summed E-state index contributed by atoms with van der Waals surface area (Å²) in [5, 5.41) is 6.23. The van der Waals surface area contributed by atoms with Crippen molar-refractivity contribution in [3.05, 3.63) is 29.3 Å². The number of thiocarbonyl (C=S) groups is 1. The van der Waals surface area contributed by atoms with Crippen LogP contribution in [0.2, 0.25) is 0 Å². The number of nitrogens with zero attached hydrogens (tertiary/aromatic N) is 1. The van der Waals surface area contributed by atoms with Crippen LogP contribution < -0.4 is 10.6 Å². The average Bonchev–Trinajstić information content (AvgIpc) is 2.87. The van der Waals surface area contributed by atoms with E-state index in [9.17, 15) is 9.59 Å². The largest absolute Gasteiger partial charge is 0.351 e. The van der Waals surface area contributed by atoms with Gasteiger partial charge in [-0.15, -0.1) is 0 Å². The first-order chi connectivity index (χ1) is 9.47. The highest BCUT2D eigenvalue weighted by Crippen LogP contribution is 2.30. The van der Waals surface area contributed by atoms with Crippen LogP contribution in [0.1, 0.15) is 31.0 Å². The summed E-state index contributed by atoms with van der Waals surface area (Å²) in [6, 6.07) is 5.35. The second-order valence-electron chi connectivity index (χ2n) is 5.20. The van der Waals surface area contributed by atoms with E-state index < -0.39 is 0 Å². The van der Waals surface area contributed by atoms with Crippen molar-refractivity contribution in [2.24, 2.45) is 0 Å². The zero-order valence-corrected chi connectivity index (χ0v) is 12.1. The van der Waals surface area contributed by atoms with Crippen molar-refractivity contribution in [3.63, 3.8) is 0 Å². The molecule has 6 heteroatoms. The average molecular weight is 289 g/mol. The van der Waals surface area contributed by atoms with Gasteiger partial charge in [0.05, 0.1) is 12.5 Å². The van der Waals surface area contributed by atoms with Gasteiger partial charge < -0.3 is 10.6 Å². The van der Waals surface area contributed by atoms with Crippen molar-refractivity contribution in [1.82, 2.24) is 10.2 Å². The van der Waals surface area contributed by atoms with Crippen LogP contribution in [-0.2, 0) is 16.0 Å². The zero-order chi connectivity index (χ0) is 14.4. The maximum absolute atomic E-state index is 12.1. The van der Waals surface area contributed by atoms with Gasteiger partial charge in [-0.05, 0) is 43.3 Å². The van der Waals surface area contributed by atoms with E-state index in [1.165, 1.54) is 0 Å². The molecule has 0 aromatic heterocycles. The Balaban J connectivity index is 1.90. The van der Waals surface area contributed by atoms with Gasteiger partial charge in [-0.3, -0.25) is 14.5 Å². The lowest BCUT2D eigenvalue weighted by atomic mass is 10.0. The third-order valence-electron chi connectivity index (χ3n) is 3.79. The molecule has 1 aromatic rings. The van der Waals surface area contributed by atoms with Crippen LogP contribution in [0.3, 0.4) is 0 Å². The number of nitrogens with one attached hydrogen (secondary N) is 2. The van der Waals surface area contributed by atoms with Crippen LogP contribution in [0.25, 0.3) is 0 Å². The minimum absolute atomic E-state index is 0.00728. The Bertz CT molecular complexity index is 629. The summed E-state index contributed by atoms with van der Waals surface area (Å²) in [6.07, 6.45) is 0.392. The Morgan fingerprint density at radius 3 is 2.80 bits per heavy atom. The van der Waals surface area contributed by atoms with E-state index in [0.717, 1.165) is 16.8 Å². The minimum Gasteiger partial charge on any atom is -0.351 e. The molecule has 5 nitrogen and oxygen atoms in total. The molecule has 2 aliphatic heterocycles. The van der Waals surface area contributed by atoms with Crippen LogP contribution in [0.5, 0.6) is 0 Å². The van der Waals surface area contributed by atoms with Gasteiger partial charge in [0.25, 0.3) is 5.91 Å². The normalized spacial score (nSPS) is 22.6. The second kappa shape index (κ2) is 4.56. The number of fused-ring (bicyclic) bond motifs is 1. The number of rotatable bonds is 2. The Hall–Kier alpha value is -1.95. The molecule has 2 heterocycles. The molecule has 0 radical (unpaired) electrons. The molecule has 2 aliphatic rings. The predicted molar refractivity (Wildman–Crippen MR) is 79.2 cm³/mol. The van der Waals surface area contributed by atoms with Crippen molar-refractivity contribution in [1.29, 1.82) is 0 Å². The lowest BCUT2D eigenvalue weighted by molar-refractivity contribution is -0.128. The Morgan fingerprint density at radius 1 is 1.40 bits per heavy atom. The molecule has 20 heavy (non-hydrogen) atoms. The van der Waals surface area contributed by atoms with Gasteiger partial charge in [-0.25, -0.2) is 0 Å². The predicted octanol–water partition coefficient (Wildman–Crippen LogP) is 1.35. The Morgan fingerprint density at radius 2 is 2.15 bits per heavy atom. The second-order valence-corrected chi connectivity index (χ2v) is 5.58. The van der Waals surface area contributed by atoms with E-state index in [0.29, 0.717) is 11.5 Å². The van der Waals surface area contributed by atoms with E-state index >= 15 is 0 Å². The maximum Gasteiger partial charge on any atom is 0.251 e. The van der Waals surface area contributed by atoms with Crippen molar-refractivity contribution in [3.8, 4) is 0 Å². The van der Waals surface area contributed by atoms with E-state index in [-0.39, 0.29) is 23.9 Å². The van der Waals surface area contributed by atoms with Gasteiger partial charge in [0.2, 0.25) is 5.91 Å². The van der Waals surface area contributed by atoms with Crippen LogP contribution in [0.4, 0.5) is 5.69 Å². The van der Waals surface area contributed by atoms with Gasteiger partial charge in [0, 0.05) is 5.69 Å². The van der Waals surface area contributed by atoms with Crippen LogP contribution in [0.15, 0.2) is 18.2 Å².